The smallest absolute Gasteiger partial charge is 0.225 e. The number of hydrogen-bond acceptors (Lipinski definition) is 1. The molecule has 1 aliphatic rings. The van der Waals surface area contributed by atoms with Crippen LogP contribution in [0.2, 0.25) is 0 Å². The summed E-state index contributed by atoms with van der Waals surface area (Å²) < 4.78 is 0. The number of amides is 1. The van der Waals surface area contributed by atoms with Crippen LogP contribution in [0.5, 0.6) is 0 Å². The maximum absolute atomic E-state index is 12.3. The fraction of sp³-hybridized carbons (Fsp3) is 0.562. The summed E-state index contributed by atoms with van der Waals surface area (Å²) in [4.78, 5) is 14.2. The van der Waals surface area contributed by atoms with Crippen molar-refractivity contribution in [3.63, 3.8) is 0 Å². The second-order valence-corrected chi connectivity index (χ2v) is 5.51. The van der Waals surface area contributed by atoms with Crippen molar-refractivity contribution < 1.29 is 4.79 Å². The molecule has 0 radical (unpaired) electrons. The van der Waals surface area contributed by atoms with E-state index in [4.69, 9.17) is 0 Å². The Kier molecular flexibility index (Phi) is 4.40. The Bertz CT molecular complexity index is 390. The summed E-state index contributed by atoms with van der Waals surface area (Å²) >= 11 is 0. The fourth-order valence-corrected chi connectivity index (χ4v) is 2.71. The molecule has 1 saturated carbocycles. The summed E-state index contributed by atoms with van der Waals surface area (Å²) in [5.41, 5.74) is 2.48. The van der Waals surface area contributed by atoms with Gasteiger partial charge in [0.25, 0.3) is 0 Å². The molecule has 2 rings (SSSR count). The molecule has 1 amide bonds. The van der Waals surface area contributed by atoms with E-state index in [0.717, 1.165) is 19.4 Å². The van der Waals surface area contributed by atoms with E-state index in [2.05, 4.69) is 31.2 Å². The van der Waals surface area contributed by atoms with E-state index in [-0.39, 0.29) is 5.92 Å². The van der Waals surface area contributed by atoms with Gasteiger partial charge >= 0.3 is 0 Å². The van der Waals surface area contributed by atoms with Gasteiger partial charge < -0.3 is 4.90 Å². The van der Waals surface area contributed by atoms with Gasteiger partial charge in [-0.05, 0) is 25.3 Å². The van der Waals surface area contributed by atoms with Crippen molar-refractivity contribution >= 4 is 5.91 Å². The Morgan fingerprint density at radius 1 is 1.17 bits per heavy atom. The Morgan fingerprint density at radius 2 is 1.78 bits per heavy atom. The highest BCUT2D eigenvalue weighted by Gasteiger charge is 2.23. The third-order valence-corrected chi connectivity index (χ3v) is 3.87. The molecule has 2 heteroatoms. The highest BCUT2D eigenvalue weighted by molar-refractivity contribution is 5.78. The number of hydrogen-bond donors (Lipinski definition) is 0. The average Bonchev–Trinajstić information content (AvgIpc) is 2.41. The summed E-state index contributed by atoms with van der Waals surface area (Å²) in [5, 5.41) is 0. The third kappa shape index (κ3) is 3.34. The van der Waals surface area contributed by atoms with Crippen LogP contribution < -0.4 is 0 Å². The van der Waals surface area contributed by atoms with Gasteiger partial charge in [0.05, 0.1) is 0 Å². The van der Waals surface area contributed by atoms with Gasteiger partial charge in [0.15, 0.2) is 0 Å². The molecule has 1 aromatic carbocycles. The van der Waals surface area contributed by atoms with E-state index >= 15 is 0 Å². The predicted octanol–water partition coefficient (Wildman–Crippen LogP) is 3.53. The quantitative estimate of drug-likeness (QED) is 0.797. The minimum atomic E-state index is 0.272. The van der Waals surface area contributed by atoms with Gasteiger partial charge in [0.1, 0.15) is 0 Å². The van der Waals surface area contributed by atoms with Crippen LogP contribution in [-0.4, -0.2) is 17.9 Å². The minimum Gasteiger partial charge on any atom is -0.341 e. The van der Waals surface area contributed by atoms with Crippen molar-refractivity contribution in [3.05, 3.63) is 35.4 Å². The molecule has 2 nitrogen and oxygen atoms in total. The highest BCUT2D eigenvalue weighted by Crippen LogP contribution is 2.25. The molecule has 0 aliphatic heterocycles. The number of rotatable bonds is 3. The first-order valence-electron chi connectivity index (χ1n) is 6.97. The lowest BCUT2D eigenvalue weighted by atomic mass is 9.88. The zero-order valence-electron chi connectivity index (χ0n) is 11.5. The molecular weight excluding hydrogens is 222 g/mol. The van der Waals surface area contributed by atoms with Gasteiger partial charge in [-0.2, -0.15) is 0 Å². The molecule has 1 fully saturated rings. The van der Waals surface area contributed by atoms with Gasteiger partial charge in [-0.25, -0.2) is 0 Å². The lowest BCUT2D eigenvalue weighted by Gasteiger charge is -2.26. The Labute approximate surface area is 110 Å². The summed E-state index contributed by atoms with van der Waals surface area (Å²) in [6.45, 7) is 2.82. The van der Waals surface area contributed by atoms with Gasteiger partial charge in [0, 0.05) is 19.5 Å². The molecule has 0 saturated heterocycles. The maximum atomic E-state index is 12.3. The molecule has 98 valence electrons. The zero-order chi connectivity index (χ0) is 13.0. The lowest BCUT2D eigenvalue weighted by molar-refractivity contribution is -0.135. The summed E-state index contributed by atoms with van der Waals surface area (Å²) in [6.07, 6.45) is 5.89. The molecule has 0 bridgehead atoms. The molecule has 0 aromatic heterocycles. The van der Waals surface area contributed by atoms with Crippen LogP contribution in [0.15, 0.2) is 24.3 Å². The van der Waals surface area contributed by atoms with E-state index in [0.29, 0.717) is 5.91 Å². The van der Waals surface area contributed by atoms with Crippen LogP contribution in [0.3, 0.4) is 0 Å². The maximum Gasteiger partial charge on any atom is 0.225 e. The van der Waals surface area contributed by atoms with Crippen LogP contribution in [0.25, 0.3) is 0 Å². The Hall–Kier alpha value is -1.31. The first kappa shape index (κ1) is 13.1. The number of aryl methyl sites for hydroxylation is 1. The molecule has 1 aliphatic carbocycles. The zero-order valence-corrected chi connectivity index (χ0v) is 11.5. The van der Waals surface area contributed by atoms with Crippen molar-refractivity contribution in [3.8, 4) is 0 Å². The summed E-state index contributed by atoms with van der Waals surface area (Å²) in [5.74, 6) is 0.601. The van der Waals surface area contributed by atoms with Gasteiger partial charge in [0.2, 0.25) is 5.91 Å². The second-order valence-electron chi connectivity index (χ2n) is 5.51. The van der Waals surface area contributed by atoms with Crippen molar-refractivity contribution in [2.75, 3.05) is 7.05 Å². The van der Waals surface area contributed by atoms with Gasteiger partial charge in [-0.3, -0.25) is 4.79 Å². The van der Waals surface area contributed by atoms with Crippen molar-refractivity contribution in [2.45, 2.75) is 45.6 Å². The van der Waals surface area contributed by atoms with E-state index in [1.165, 1.54) is 30.4 Å². The summed E-state index contributed by atoms with van der Waals surface area (Å²) in [7, 11) is 1.93. The van der Waals surface area contributed by atoms with Crippen LogP contribution in [-0.2, 0) is 11.3 Å². The van der Waals surface area contributed by atoms with Crippen LogP contribution in [0.4, 0.5) is 0 Å². The van der Waals surface area contributed by atoms with Crippen LogP contribution in [0.1, 0.15) is 43.2 Å². The van der Waals surface area contributed by atoms with E-state index in [1.54, 1.807) is 0 Å². The van der Waals surface area contributed by atoms with Crippen LogP contribution in [0, 0.1) is 12.8 Å². The fourth-order valence-electron chi connectivity index (χ4n) is 2.71. The molecule has 18 heavy (non-hydrogen) atoms. The van der Waals surface area contributed by atoms with Crippen molar-refractivity contribution in [2.24, 2.45) is 5.92 Å². The number of carbonyl (C=O) groups excluding carboxylic acids is 1. The molecule has 0 unspecified atom stereocenters. The topological polar surface area (TPSA) is 20.3 Å². The first-order valence-corrected chi connectivity index (χ1v) is 6.97. The molecule has 0 spiro atoms. The van der Waals surface area contributed by atoms with Crippen molar-refractivity contribution in [1.82, 2.24) is 4.90 Å². The Morgan fingerprint density at radius 3 is 2.39 bits per heavy atom. The Balaban J connectivity index is 1.92. The lowest BCUT2D eigenvalue weighted by Crippen LogP contribution is -2.33. The van der Waals surface area contributed by atoms with E-state index in [9.17, 15) is 4.79 Å². The second kappa shape index (κ2) is 6.03. The highest BCUT2D eigenvalue weighted by atomic mass is 16.2. The largest absolute Gasteiger partial charge is 0.341 e. The predicted molar refractivity (Wildman–Crippen MR) is 74.2 cm³/mol. The van der Waals surface area contributed by atoms with E-state index in [1.807, 2.05) is 11.9 Å². The van der Waals surface area contributed by atoms with Gasteiger partial charge in [-0.1, -0.05) is 49.1 Å². The average molecular weight is 245 g/mol. The third-order valence-electron chi connectivity index (χ3n) is 3.87. The number of carbonyl (C=O) groups is 1. The number of benzene rings is 1. The number of nitrogens with zero attached hydrogens (tertiary/aromatic N) is 1. The molecular formula is C16H23NO. The molecule has 1 aromatic rings. The molecule has 0 heterocycles. The SMILES string of the molecule is Cc1ccc(CN(C)C(=O)C2CCCCC2)cc1. The van der Waals surface area contributed by atoms with Crippen LogP contribution >= 0.6 is 0 Å². The van der Waals surface area contributed by atoms with Crippen molar-refractivity contribution in [1.29, 1.82) is 0 Å². The standard InChI is InChI=1S/C16H23NO/c1-13-8-10-14(11-9-13)12-17(2)16(18)15-6-4-3-5-7-15/h8-11,15H,3-7,12H2,1-2H3. The first-order chi connectivity index (χ1) is 8.66. The normalized spacial score (nSPS) is 16.6. The monoisotopic (exact) mass is 245 g/mol. The molecule has 0 N–H and O–H groups in total. The minimum absolute atomic E-state index is 0.272. The molecule has 0 atom stereocenters. The van der Waals surface area contributed by atoms with E-state index < -0.39 is 0 Å². The van der Waals surface area contributed by atoms with Gasteiger partial charge in [-0.15, -0.1) is 0 Å². The summed E-state index contributed by atoms with van der Waals surface area (Å²) in [6, 6.07) is 8.43.